The van der Waals surface area contributed by atoms with Gasteiger partial charge < -0.3 is 15.3 Å². The van der Waals surface area contributed by atoms with Crippen LogP contribution in [0.4, 0.5) is 0 Å². The second kappa shape index (κ2) is 5.30. The van der Waals surface area contributed by atoms with Gasteiger partial charge in [-0.05, 0) is 25.5 Å². The van der Waals surface area contributed by atoms with Gasteiger partial charge in [0.05, 0.1) is 5.60 Å². The highest BCUT2D eigenvalue weighted by Gasteiger charge is 2.23. The molecule has 18 heavy (non-hydrogen) atoms. The van der Waals surface area contributed by atoms with E-state index in [9.17, 15) is 5.11 Å². The fourth-order valence-electron chi connectivity index (χ4n) is 1.82. The van der Waals surface area contributed by atoms with Crippen molar-refractivity contribution in [2.24, 2.45) is 5.73 Å². The normalized spacial score (nSPS) is 16.7. The molecular formula is C13H18N2O2S. The number of aliphatic hydroxyl groups is 1. The van der Waals surface area contributed by atoms with Gasteiger partial charge >= 0.3 is 0 Å². The first-order valence-corrected chi connectivity index (χ1v) is 6.83. The van der Waals surface area contributed by atoms with Gasteiger partial charge in [0, 0.05) is 11.8 Å². The van der Waals surface area contributed by atoms with Gasteiger partial charge in [-0.2, -0.15) is 0 Å². The molecule has 4 nitrogen and oxygen atoms in total. The summed E-state index contributed by atoms with van der Waals surface area (Å²) in [6, 6.07) is 7.67. The maximum Gasteiger partial charge on any atom is 0.256 e. The number of benzene rings is 1. The molecule has 2 rings (SSSR count). The summed E-state index contributed by atoms with van der Waals surface area (Å²) in [5.41, 5.74) is 6.32. The van der Waals surface area contributed by atoms with Gasteiger partial charge in [0.15, 0.2) is 5.58 Å². The molecule has 2 unspecified atom stereocenters. The van der Waals surface area contributed by atoms with Crippen LogP contribution >= 0.6 is 11.8 Å². The number of aromatic nitrogens is 1. The zero-order valence-corrected chi connectivity index (χ0v) is 11.4. The highest BCUT2D eigenvalue weighted by molar-refractivity contribution is 7.99. The van der Waals surface area contributed by atoms with E-state index in [1.807, 2.05) is 31.2 Å². The zero-order valence-electron chi connectivity index (χ0n) is 10.6. The van der Waals surface area contributed by atoms with E-state index in [0.29, 0.717) is 11.6 Å². The number of thioether (sulfide) groups is 1. The summed E-state index contributed by atoms with van der Waals surface area (Å²) < 4.78 is 5.63. The largest absolute Gasteiger partial charge is 0.431 e. The number of fused-ring (bicyclic) bond motifs is 1. The first-order valence-electron chi connectivity index (χ1n) is 5.95. The van der Waals surface area contributed by atoms with Gasteiger partial charge in [0.2, 0.25) is 0 Å². The summed E-state index contributed by atoms with van der Waals surface area (Å²) in [5, 5.41) is 10.7. The van der Waals surface area contributed by atoms with E-state index in [-0.39, 0.29) is 11.8 Å². The number of oxazole rings is 1. The number of hydrogen-bond acceptors (Lipinski definition) is 5. The lowest BCUT2D eigenvalue weighted by Crippen LogP contribution is -2.36. The molecule has 98 valence electrons. The molecule has 0 radical (unpaired) electrons. The van der Waals surface area contributed by atoms with E-state index in [2.05, 4.69) is 4.98 Å². The third-order valence-corrected chi connectivity index (χ3v) is 3.69. The smallest absolute Gasteiger partial charge is 0.256 e. The monoisotopic (exact) mass is 266 g/mol. The Morgan fingerprint density at radius 1 is 1.50 bits per heavy atom. The van der Waals surface area contributed by atoms with Gasteiger partial charge in [-0.15, -0.1) is 0 Å². The van der Waals surface area contributed by atoms with E-state index in [0.717, 1.165) is 11.1 Å². The number of nitrogens with two attached hydrogens (primary N) is 1. The predicted octanol–water partition coefficient (Wildman–Crippen LogP) is 2.41. The van der Waals surface area contributed by atoms with E-state index < -0.39 is 5.60 Å². The second-order valence-corrected chi connectivity index (χ2v) is 6.17. The maximum absolute atomic E-state index is 9.92. The van der Waals surface area contributed by atoms with Gasteiger partial charge in [-0.25, -0.2) is 4.98 Å². The molecule has 1 heterocycles. The van der Waals surface area contributed by atoms with Crippen LogP contribution in [0.3, 0.4) is 0 Å². The Labute approximate surface area is 111 Å². The van der Waals surface area contributed by atoms with Crippen molar-refractivity contribution < 1.29 is 9.52 Å². The van der Waals surface area contributed by atoms with Crippen LogP contribution in [0.15, 0.2) is 33.9 Å². The molecule has 0 aliphatic carbocycles. The Bertz CT molecular complexity index is 491. The average molecular weight is 266 g/mol. The first kappa shape index (κ1) is 13.4. The summed E-state index contributed by atoms with van der Waals surface area (Å²) in [4.78, 5) is 4.39. The molecule has 0 amide bonds. The molecule has 0 bridgehead atoms. The first-order chi connectivity index (χ1) is 8.50. The van der Waals surface area contributed by atoms with Crippen molar-refractivity contribution in [2.45, 2.75) is 36.3 Å². The van der Waals surface area contributed by atoms with Gasteiger partial charge in [0.1, 0.15) is 5.52 Å². The molecule has 0 aliphatic heterocycles. The fourth-order valence-corrected chi connectivity index (χ4v) is 2.89. The summed E-state index contributed by atoms with van der Waals surface area (Å²) in [5.74, 6) is 0. The van der Waals surface area contributed by atoms with Crippen molar-refractivity contribution in [2.75, 3.05) is 6.54 Å². The lowest BCUT2D eigenvalue weighted by atomic mass is 10.0. The van der Waals surface area contributed by atoms with E-state index in [4.69, 9.17) is 10.2 Å². The summed E-state index contributed by atoms with van der Waals surface area (Å²) >= 11 is 1.52. The van der Waals surface area contributed by atoms with Crippen LogP contribution in [0.5, 0.6) is 0 Å². The predicted molar refractivity (Wildman–Crippen MR) is 73.6 cm³/mol. The minimum absolute atomic E-state index is 0.191. The minimum atomic E-state index is -0.835. The number of hydrogen-bond donors (Lipinski definition) is 2. The number of nitrogens with zero attached hydrogens (tertiary/aromatic N) is 1. The summed E-state index contributed by atoms with van der Waals surface area (Å²) in [7, 11) is 0. The van der Waals surface area contributed by atoms with Crippen LogP contribution in [0.2, 0.25) is 0 Å². The highest BCUT2D eigenvalue weighted by Crippen LogP contribution is 2.30. The second-order valence-electron chi connectivity index (χ2n) is 4.78. The molecular weight excluding hydrogens is 248 g/mol. The molecule has 5 heteroatoms. The maximum atomic E-state index is 9.92. The van der Waals surface area contributed by atoms with Crippen LogP contribution in [0.1, 0.15) is 20.3 Å². The van der Waals surface area contributed by atoms with Crippen molar-refractivity contribution in [1.29, 1.82) is 0 Å². The third kappa shape index (κ3) is 3.25. The molecule has 0 saturated carbocycles. The van der Waals surface area contributed by atoms with Crippen LogP contribution in [-0.4, -0.2) is 27.5 Å². The third-order valence-electron chi connectivity index (χ3n) is 2.74. The molecule has 1 aromatic carbocycles. The van der Waals surface area contributed by atoms with E-state index in [1.54, 1.807) is 6.92 Å². The molecule has 1 aromatic heterocycles. The topological polar surface area (TPSA) is 72.3 Å². The van der Waals surface area contributed by atoms with Crippen molar-refractivity contribution in [3.8, 4) is 0 Å². The molecule has 0 spiro atoms. The van der Waals surface area contributed by atoms with Crippen LogP contribution in [0.25, 0.3) is 11.1 Å². The van der Waals surface area contributed by atoms with Crippen molar-refractivity contribution >= 4 is 22.9 Å². The molecule has 0 fully saturated rings. The number of para-hydroxylation sites is 2. The van der Waals surface area contributed by atoms with Crippen molar-refractivity contribution in [3.63, 3.8) is 0 Å². The summed E-state index contributed by atoms with van der Waals surface area (Å²) in [6.07, 6.45) is 0.604. The SMILES string of the molecule is CC(CC(C)(O)CN)Sc1nc2ccccc2o1. The number of rotatable bonds is 5. The average Bonchev–Trinajstić information content (AvgIpc) is 2.70. The van der Waals surface area contributed by atoms with Gasteiger partial charge in [0.25, 0.3) is 5.22 Å². The minimum Gasteiger partial charge on any atom is -0.431 e. The molecule has 0 saturated heterocycles. The Kier molecular flexibility index (Phi) is 3.94. The fraction of sp³-hybridized carbons (Fsp3) is 0.462. The Balaban J connectivity index is 2.05. The highest BCUT2D eigenvalue weighted by atomic mass is 32.2. The van der Waals surface area contributed by atoms with Crippen LogP contribution in [0, 0.1) is 0 Å². The standard InChI is InChI=1S/C13H18N2O2S/c1-9(7-13(2,16)8-14)18-12-15-10-5-3-4-6-11(10)17-12/h3-6,9,16H,7-8,14H2,1-2H3. The Hall–Kier alpha value is -1.04. The Morgan fingerprint density at radius 2 is 2.22 bits per heavy atom. The van der Waals surface area contributed by atoms with Gasteiger partial charge in [-0.3, -0.25) is 0 Å². The molecule has 2 aromatic rings. The molecule has 3 N–H and O–H groups in total. The van der Waals surface area contributed by atoms with E-state index in [1.165, 1.54) is 11.8 Å². The van der Waals surface area contributed by atoms with Crippen molar-refractivity contribution in [3.05, 3.63) is 24.3 Å². The Morgan fingerprint density at radius 3 is 2.89 bits per heavy atom. The van der Waals surface area contributed by atoms with Crippen LogP contribution < -0.4 is 5.73 Å². The lowest BCUT2D eigenvalue weighted by molar-refractivity contribution is 0.0607. The van der Waals surface area contributed by atoms with Crippen molar-refractivity contribution in [1.82, 2.24) is 4.98 Å². The lowest BCUT2D eigenvalue weighted by Gasteiger charge is -2.23. The van der Waals surface area contributed by atoms with Gasteiger partial charge in [-0.1, -0.05) is 30.8 Å². The van der Waals surface area contributed by atoms with Crippen LogP contribution in [-0.2, 0) is 0 Å². The molecule has 0 aliphatic rings. The summed E-state index contributed by atoms with van der Waals surface area (Å²) in [6.45, 7) is 4.03. The van der Waals surface area contributed by atoms with E-state index >= 15 is 0 Å². The zero-order chi connectivity index (χ0) is 13.2. The quantitative estimate of drug-likeness (QED) is 0.813. The molecule has 2 atom stereocenters.